The summed E-state index contributed by atoms with van der Waals surface area (Å²) in [7, 11) is 0. The van der Waals surface area contributed by atoms with Gasteiger partial charge in [-0.1, -0.05) is 28.1 Å². The Bertz CT molecular complexity index is 512. The standard InChI is InChI=1S/C15H20BrNO3/c1-14(2,3)20-13(18)17-8-7-15(19,10-17)11-5-4-6-12(16)9-11/h4-6,9,19H,7-8,10H2,1-3H3. The summed E-state index contributed by atoms with van der Waals surface area (Å²) in [6.45, 7) is 6.26. The molecule has 1 fully saturated rings. The number of β-amino-alcohol motifs (C(OH)–C–C–N with tert-alkyl or cyclic N) is 1. The van der Waals surface area contributed by atoms with Gasteiger partial charge in [-0.3, -0.25) is 0 Å². The van der Waals surface area contributed by atoms with Crippen LogP contribution in [0, 0.1) is 0 Å². The molecule has 4 nitrogen and oxygen atoms in total. The van der Waals surface area contributed by atoms with Crippen molar-refractivity contribution in [3.8, 4) is 0 Å². The summed E-state index contributed by atoms with van der Waals surface area (Å²) in [6, 6.07) is 7.56. The molecule has 1 N–H and O–H groups in total. The fraction of sp³-hybridized carbons (Fsp3) is 0.533. The van der Waals surface area contributed by atoms with Gasteiger partial charge in [0.25, 0.3) is 0 Å². The molecule has 110 valence electrons. The number of aliphatic hydroxyl groups is 1. The number of likely N-dealkylation sites (tertiary alicyclic amines) is 1. The molecule has 1 aliphatic rings. The minimum Gasteiger partial charge on any atom is -0.444 e. The van der Waals surface area contributed by atoms with Crippen LogP contribution in [0.15, 0.2) is 28.7 Å². The maximum atomic E-state index is 12.0. The van der Waals surface area contributed by atoms with Crippen molar-refractivity contribution in [1.82, 2.24) is 4.90 Å². The molecule has 0 aliphatic carbocycles. The monoisotopic (exact) mass is 341 g/mol. The molecule has 1 amide bonds. The highest BCUT2D eigenvalue weighted by Gasteiger charge is 2.41. The lowest BCUT2D eigenvalue weighted by atomic mass is 9.93. The van der Waals surface area contributed by atoms with E-state index in [4.69, 9.17) is 4.74 Å². The van der Waals surface area contributed by atoms with Gasteiger partial charge in [-0.05, 0) is 44.9 Å². The molecule has 1 unspecified atom stereocenters. The van der Waals surface area contributed by atoms with Gasteiger partial charge in [0, 0.05) is 11.0 Å². The maximum absolute atomic E-state index is 12.0. The molecule has 0 radical (unpaired) electrons. The van der Waals surface area contributed by atoms with Gasteiger partial charge in [0.2, 0.25) is 0 Å². The third kappa shape index (κ3) is 3.52. The largest absolute Gasteiger partial charge is 0.444 e. The SMILES string of the molecule is CC(C)(C)OC(=O)N1CCC(O)(c2cccc(Br)c2)C1. The molecular weight excluding hydrogens is 322 g/mol. The molecule has 0 bridgehead atoms. The van der Waals surface area contributed by atoms with Crippen LogP contribution < -0.4 is 0 Å². The number of amides is 1. The second kappa shape index (κ2) is 5.37. The summed E-state index contributed by atoms with van der Waals surface area (Å²) in [4.78, 5) is 13.6. The minimum atomic E-state index is -0.999. The number of benzene rings is 1. The average molecular weight is 342 g/mol. The Morgan fingerprint density at radius 3 is 2.75 bits per heavy atom. The van der Waals surface area contributed by atoms with E-state index in [9.17, 15) is 9.90 Å². The van der Waals surface area contributed by atoms with E-state index in [1.807, 2.05) is 45.0 Å². The van der Waals surface area contributed by atoms with Gasteiger partial charge in [0.15, 0.2) is 0 Å². The summed E-state index contributed by atoms with van der Waals surface area (Å²) in [6.07, 6.45) is 0.145. The number of carbonyl (C=O) groups excluding carboxylic acids is 1. The fourth-order valence-corrected chi connectivity index (χ4v) is 2.69. The van der Waals surface area contributed by atoms with Crippen LogP contribution in [0.1, 0.15) is 32.8 Å². The van der Waals surface area contributed by atoms with Gasteiger partial charge in [-0.25, -0.2) is 4.79 Å². The van der Waals surface area contributed by atoms with E-state index >= 15 is 0 Å². The highest BCUT2D eigenvalue weighted by atomic mass is 79.9. The Hall–Kier alpha value is -1.07. The minimum absolute atomic E-state index is 0.262. The zero-order valence-electron chi connectivity index (χ0n) is 12.0. The van der Waals surface area contributed by atoms with Crippen molar-refractivity contribution in [3.05, 3.63) is 34.3 Å². The number of hydrogen-bond acceptors (Lipinski definition) is 3. The molecular formula is C15H20BrNO3. The highest BCUT2D eigenvalue weighted by Crippen LogP contribution is 2.33. The van der Waals surface area contributed by atoms with Gasteiger partial charge < -0.3 is 14.7 Å². The number of halogens is 1. The van der Waals surface area contributed by atoms with Gasteiger partial charge in [0.05, 0.1) is 6.54 Å². The van der Waals surface area contributed by atoms with E-state index in [-0.39, 0.29) is 12.6 Å². The molecule has 1 aliphatic heterocycles. The first-order valence-corrected chi connectivity index (χ1v) is 7.45. The molecule has 5 heteroatoms. The van der Waals surface area contributed by atoms with Gasteiger partial charge in [0.1, 0.15) is 11.2 Å². The Kier molecular flexibility index (Phi) is 4.12. The van der Waals surface area contributed by atoms with E-state index in [0.29, 0.717) is 13.0 Å². The van der Waals surface area contributed by atoms with E-state index in [0.717, 1.165) is 10.0 Å². The van der Waals surface area contributed by atoms with Crippen molar-refractivity contribution < 1.29 is 14.6 Å². The zero-order valence-corrected chi connectivity index (χ0v) is 13.6. The lowest BCUT2D eigenvalue weighted by molar-refractivity contribution is 0.0140. The molecule has 1 aromatic carbocycles. The van der Waals surface area contributed by atoms with Crippen LogP contribution in [0.5, 0.6) is 0 Å². The van der Waals surface area contributed by atoms with Crippen LogP contribution in [-0.4, -0.2) is 34.8 Å². The van der Waals surface area contributed by atoms with E-state index in [1.165, 1.54) is 0 Å². The van der Waals surface area contributed by atoms with Crippen molar-refractivity contribution in [1.29, 1.82) is 0 Å². The van der Waals surface area contributed by atoms with Crippen LogP contribution in [0.3, 0.4) is 0 Å². The van der Waals surface area contributed by atoms with Crippen molar-refractivity contribution in [2.75, 3.05) is 13.1 Å². The second-order valence-electron chi connectivity index (χ2n) is 6.19. The molecule has 1 saturated heterocycles. The smallest absolute Gasteiger partial charge is 0.410 e. The fourth-order valence-electron chi connectivity index (χ4n) is 2.29. The predicted molar refractivity (Wildman–Crippen MR) is 80.5 cm³/mol. The molecule has 1 aromatic rings. The topological polar surface area (TPSA) is 49.8 Å². The maximum Gasteiger partial charge on any atom is 0.410 e. The van der Waals surface area contributed by atoms with Crippen LogP contribution >= 0.6 is 15.9 Å². The van der Waals surface area contributed by atoms with E-state index in [2.05, 4.69) is 15.9 Å². The molecule has 0 aromatic heterocycles. The Balaban J connectivity index is 2.10. The van der Waals surface area contributed by atoms with Crippen LogP contribution in [-0.2, 0) is 10.3 Å². The summed E-state index contributed by atoms with van der Waals surface area (Å²) in [5.74, 6) is 0. The Morgan fingerprint density at radius 1 is 1.45 bits per heavy atom. The second-order valence-corrected chi connectivity index (χ2v) is 7.11. The first kappa shape index (κ1) is 15.3. The lowest BCUT2D eigenvalue weighted by Gasteiger charge is -2.26. The Labute approximate surface area is 127 Å². The van der Waals surface area contributed by atoms with E-state index in [1.54, 1.807) is 4.90 Å². The van der Waals surface area contributed by atoms with Crippen molar-refractivity contribution >= 4 is 22.0 Å². The lowest BCUT2D eigenvalue weighted by Crippen LogP contribution is -2.38. The molecule has 0 spiro atoms. The quantitative estimate of drug-likeness (QED) is 0.852. The number of carbonyl (C=O) groups is 1. The molecule has 1 atom stereocenters. The number of nitrogens with zero attached hydrogens (tertiary/aromatic N) is 1. The summed E-state index contributed by atoms with van der Waals surface area (Å²) in [5, 5.41) is 10.7. The molecule has 20 heavy (non-hydrogen) atoms. The van der Waals surface area contributed by atoms with Gasteiger partial charge in [-0.2, -0.15) is 0 Å². The third-order valence-electron chi connectivity index (χ3n) is 3.26. The van der Waals surface area contributed by atoms with Crippen molar-refractivity contribution in [3.63, 3.8) is 0 Å². The first-order chi connectivity index (χ1) is 9.20. The number of ether oxygens (including phenoxy) is 1. The molecule has 2 rings (SSSR count). The zero-order chi connectivity index (χ0) is 15.0. The highest BCUT2D eigenvalue weighted by molar-refractivity contribution is 9.10. The predicted octanol–water partition coefficient (Wildman–Crippen LogP) is 3.28. The van der Waals surface area contributed by atoms with Crippen LogP contribution in [0.25, 0.3) is 0 Å². The summed E-state index contributed by atoms with van der Waals surface area (Å²) < 4.78 is 6.26. The van der Waals surface area contributed by atoms with Crippen molar-refractivity contribution in [2.45, 2.75) is 38.4 Å². The van der Waals surface area contributed by atoms with Gasteiger partial charge in [-0.15, -0.1) is 0 Å². The number of hydrogen-bond donors (Lipinski definition) is 1. The summed E-state index contributed by atoms with van der Waals surface area (Å²) in [5.41, 5.74) is -0.702. The van der Waals surface area contributed by atoms with Crippen molar-refractivity contribution in [2.24, 2.45) is 0 Å². The average Bonchev–Trinajstić information content (AvgIpc) is 2.71. The van der Waals surface area contributed by atoms with Crippen LogP contribution in [0.2, 0.25) is 0 Å². The Morgan fingerprint density at radius 2 is 2.15 bits per heavy atom. The summed E-state index contributed by atoms with van der Waals surface area (Å²) >= 11 is 3.40. The molecule has 1 heterocycles. The van der Waals surface area contributed by atoms with Crippen LogP contribution in [0.4, 0.5) is 4.79 Å². The first-order valence-electron chi connectivity index (χ1n) is 6.66. The normalized spacial score (nSPS) is 22.9. The third-order valence-corrected chi connectivity index (χ3v) is 3.75. The van der Waals surface area contributed by atoms with Gasteiger partial charge >= 0.3 is 6.09 Å². The number of rotatable bonds is 1. The van der Waals surface area contributed by atoms with E-state index < -0.39 is 11.2 Å². The molecule has 0 saturated carbocycles.